The standard InChI is InChI=1S/C12H19N7O6S/c1-12(22)7(21)5(3-20)25-10(12)19-4-14-6-8(17-18-26(2,23)24)15-11(13)16-9(6)19/h4-5,7,10,18,20-22H,3H2,1-2H3,(H3,13,15,16,17)/t5-,7-,10-,12-/m1/s1. The van der Waals surface area contributed by atoms with E-state index >= 15 is 0 Å². The second-order valence-corrected chi connectivity index (χ2v) is 7.88. The zero-order valence-electron chi connectivity index (χ0n) is 13.9. The van der Waals surface area contributed by atoms with E-state index in [1.165, 1.54) is 17.8 Å². The van der Waals surface area contributed by atoms with Gasteiger partial charge < -0.3 is 25.8 Å². The van der Waals surface area contributed by atoms with E-state index in [1.54, 1.807) is 0 Å². The third-order valence-corrected chi connectivity index (χ3v) is 4.45. The summed E-state index contributed by atoms with van der Waals surface area (Å²) in [7, 11) is -3.57. The summed E-state index contributed by atoms with van der Waals surface area (Å²) >= 11 is 0. The van der Waals surface area contributed by atoms with Crippen LogP contribution in [0.15, 0.2) is 6.33 Å². The van der Waals surface area contributed by atoms with Crippen molar-refractivity contribution < 1.29 is 28.5 Å². The van der Waals surface area contributed by atoms with Crippen LogP contribution in [0, 0.1) is 0 Å². The summed E-state index contributed by atoms with van der Waals surface area (Å²) in [6.07, 6.45) is -1.25. The first kappa shape index (κ1) is 18.7. The molecule has 0 unspecified atom stereocenters. The molecule has 0 aliphatic carbocycles. The van der Waals surface area contributed by atoms with Crippen LogP contribution in [0.1, 0.15) is 13.2 Å². The highest BCUT2D eigenvalue weighted by Crippen LogP contribution is 2.39. The van der Waals surface area contributed by atoms with Crippen molar-refractivity contribution in [3.05, 3.63) is 6.33 Å². The smallest absolute Gasteiger partial charge is 0.225 e. The van der Waals surface area contributed by atoms with Crippen molar-refractivity contribution in [1.29, 1.82) is 0 Å². The monoisotopic (exact) mass is 389 g/mol. The number of aliphatic hydroxyl groups excluding tert-OH is 2. The average Bonchev–Trinajstić information content (AvgIpc) is 3.04. The molecule has 2 aromatic rings. The number of aliphatic hydroxyl groups is 3. The SMILES string of the molecule is C[C@@]1(O)[C@H](O)[C@@H](CO)O[C@H]1n1cnc2c(NNS(C)(=O)=O)nc(N)nc21. The topological polar surface area (TPSA) is 198 Å². The number of anilines is 2. The van der Waals surface area contributed by atoms with Crippen LogP contribution in [0.5, 0.6) is 0 Å². The van der Waals surface area contributed by atoms with Crippen LogP contribution in [0.25, 0.3) is 11.2 Å². The van der Waals surface area contributed by atoms with Gasteiger partial charge in [0.1, 0.15) is 17.8 Å². The van der Waals surface area contributed by atoms with Crippen molar-refractivity contribution in [2.45, 2.75) is 31.0 Å². The van der Waals surface area contributed by atoms with Crippen LogP contribution < -0.4 is 16.0 Å². The van der Waals surface area contributed by atoms with E-state index in [9.17, 15) is 23.7 Å². The molecule has 0 radical (unpaired) electrons. The van der Waals surface area contributed by atoms with Crippen molar-refractivity contribution >= 4 is 33.0 Å². The molecule has 13 nitrogen and oxygen atoms in total. The molecule has 2 aromatic heterocycles. The van der Waals surface area contributed by atoms with Gasteiger partial charge in [-0.2, -0.15) is 9.97 Å². The Labute approximate surface area is 147 Å². The van der Waals surface area contributed by atoms with Crippen LogP contribution in [-0.4, -0.2) is 73.9 Å². The Bertz CT molecular complexity index is 930. The summed E-state index contributed by atoms with van der Waals surface area (Å²) in [5.41, 5.74) is 6.58. The minimum Gasteiger partial charge on any atom is -0.394 e. The predicted octanol–water partition coefficient (Wildman–Crippen LogP) is -2.71. The summed E-state index contributed by atoms with van der Waals surface area (Å²) in [6, 6.07) is 0. The minimum absolute atomic E-state index is 0.00595. The summed E-state index contributed by atoms with van der Waals surface area (Å²) < 4.78 is 29.3. The molecule has 0 aromatic carbocycles. The van der Waals surface area contributed by atoms with E-state index in [2.05, 4.69) is 20.4 Å². The molecule has 26 heavy (non-hydrogen) atoms. The molecule has 4 atom stereocenters. The van der Waals surface area contributed by atoms with Gasteiger partial charge in [-0.3, -0.25) is 9.99 Å². The van der Waals surface area contributed by atoms with Crippen molar-refractivity contribution in [2.24, 2.45) is 0 Å². The molecule has 7 N–H and O–H groups in total. The Balaban J connectivity index is 2.05. The van der Waals surface area contributed by atoms with Crippen molar-refractivity contribution in [3.63, 3.8) is 0 Å². The molecule has 14 heteroatoms. The van der Waals surface area contributed by atoms with Gasteiger partial charge in [0, 0.05) is 0 Å². The number of nitrogens with one attached hydrogen (secondary N) is 2. The maximum atomic E-state index is 11.3. The van der Waals surface area contributed by atoms with E-state index in [0.29, 0.717) is 0 Å². The first-order valence-electron chi connectivity index (χ1n) is 7.44. The number of nitrogens with two attached hydrogens (primary N) is 1. The fourth-order valence-electron chi connectivity index (χ4n) is 2.72. The number of rotatable bonds is 5. The number of imidazole rings is 1. The van der Waals surface area contributed by atoms with Gasteiger partial charge in [-0.1, -0.05) is 0 Å². The maximum absolute atomic E-state index is 11.3. The Morgan fingerprint density at radius 2 is 2.15 bits per heavy atom. The predicted molar refractivity (Wildman–Crippen MR) is 89.0 cm³/mol. The van der Waals surface area contributed by atoms with Crippen LogP contribution in [0.3, 0.4) is 0 Å². The van der Waals surface area contributed by atoms with Gasteiger partial charge in [-0.05, 0) is 6.92 Å². The van der Waals surface area contributed by atoms with Crippen LogP contribution in [0.4, 0.5) is 11.8 Å². The molecule has 0 saturated carbocycles. The van der Waals surface area contributed by atoms with E-state index < -0.39 is 40.7 Å². The number of hydrogen-bond acceptors (Lipinski definition) is 11. The molecule has 3 heterocycles. The lowest BCUT2D eigenvalue weighted by molar-refractivity contribution is -0.0950. The molecule has 1 aliphatic rings. The van der Waals surface area contributed by atoms with E-state index in [1.807, 2.05) is 4.83 Å². The number of aromatic nitrogens is 4. The zero-order valence-corrected chi connectivity index (χ0v) is 14.7. The third kappa shape index (κ3) is 3.17. The first-order chi connectivity index (χ1) is 12.0. The lowest BCUT2D eigenvalue weighted by Gasteiger charge is -2.27. The summed E-state index contributed by atoms with van der Waals surface area (Å²) in [5, 5.41) is 30.0. The summed E-state index contributed by atoms with van der Waals surface area (Å²) in [6.45, 7) is 0.849. The van der Waals surface area contributed by atoms with E-state index in [0.717, 1.165) is 6.26 Å². The van der Waals surface area contributed by atoms with Gasteiger partial charge >= 0.3 is 0 Å². The van der Waals surface area contributed by atoms with Gasteiger partial charge in [0.05, 0.1) is 19.2 Å². The Hall–Kier alpha value is -2.10. The summed E-state index contributed by atoms with van der Waals surface area (Å²) in [4.78, 5) is 14.1. The zero-order chi connectivity index (χ0) is 19.3. The van der Waals surface area contributed by atoms with Crippen LogP contribution in [-0.2, 0) is 14.8 Å². The molecule has 0 bridgehead atoms. The molecule has 1 aliphatic heterocycles. The molecular formula is C12H19N7O6S. The Kier molecular flexibility index (Phi) is 4.50. The van der Waals surface area contributed by atoms with Gasteiger partial charge in [0.15, 0.2) is 23.2 Å². The van der Waals surface area contributed by atoms with Crippen molar-refractivity contribution in [2.75, 3.05) is 24.0 Å². The molecule has 1 saturated heterocycles. The number of sulfonamides is 1. The number of fused-ring (bicyclic) bond motifs is 1. The molecule has 0 spiro atoms. The lowest BCUT2D eigenvalue weighted by Crippen LogP contribution is -2.44. The number of ether oxygens (including phenoxy) is 1. The average molecular weight is 389 g/mol. The number of nitrogens with zero attached hydrogens (tertiary/aromatic N) is 4. The molecule has 1 fully saturated rings. The highest BCUT2D eigenvalue weighted by Gasteiger charge is 2.53. The minimum atomic E-state index is -3.57. The Morgan fingerprint density at radius 1 is 1.46 bits per heavy atom. The number of hydrogen-bond donors (Lipinski definition) is 6. The lowest BCUT2D eigenvalue weighted by atomic mass is 9.96. The second kappa shape index (κ2) is 6.26. The summed E-state index contributed by atoms with van der Waals surface area (Å²) in [5.74, 6) is -0.192. The fraction of sp³-hybridized carbons (Fsp3) is 0.583. The third-order valence-electron chi connectivity index (χ3n) is 3.98. The Morgan fingerprint density at radius 3 is 2.73 bits per heavy atom. The maximum Gasteiger partial charge on any atom is 0.225 e. The first-order valence-corrected chi connectivity index (χ1v) is 9.33. The van der Waals surface area contributed by atoms with Crippen LogP contribution in [0.2, 0.25) is 0 Å². The number of hydrazine groups is 1. The van der Waals surface area contributed by atoms with Crippen LogP contribution >= 0.6 is 0 Å². The highest BCUT2D eigenvalue weighted by molar-refractivity contribution is 7.88. The normalized spacial score (nSPS) is 29.3. The molecular weight excluding hydrogens is 370 g/mol. The number of nitrogen functional groups attached to an aromatic ring is 1. The highest BCUT2D eigenvalue weighted by atomic mass is 32.2. The quantitative estimate of drug-likeness (QED) is 0.291. The molecule has 3 rings (SSSR count). The van der Waals surface area contributed by atoms with E-state index in [-0.39, 0.29) is 22.9 Å². The van der Waals surface area contributed by atoms with E-state index in [4.69, 9.17) is 10.5 Å². The van der Waals surface area contributed by atoms with Crippen molar-refractivity contribution in [1.82, 2.24) is 24.4 Å². The molecule has 144 valence electrons. The van der Waals surface area contributed by atoms with Gasteiger partial charge in [0.2, 0.25) is 16.0 Å². The molecule has 0 amide bonds. The fourth-order valence-corrected chi connectivity index (χ4v) is 3.01. The largest absolute Gasteiger partial charge is 0.394 e. The van der Waals surface area contributed by atoms with Gasteiger partial charge in [-0.25, -0.2) is 13.4 Å². The van der Waals surface area contributed by atoms with Gasteiger partial charge in [-0.15, -0.1) is 4.83 Å². The second-order valence-electron chi connectivity index (χ2n) is 6.13. The van der Waals surface area contributed by atoms with Crippen molar-refractivity contribution in [3.8, 4) is 0 Å². The van der Waals surface area contributed by atoms with Gasteiger partial charge in [0.25, 0.3) is 0 Å².